The molecule has 7 nitrogen and oxygen atoms in total. The molecule has 2 N–H and O–H groups in total. The molecule has 3 aliphatic rings. The number of carbonyl (C=O) groups is 2. The van der Waals surface area contributed by atoms with Gasteiger partial charge in [0.15, 0.2) is 0 Å². The molecule has 202 valence electrons. The van der Waals surface area contributed by atoms with Crippen molar-refractivity contribution < 1.29 is 32.2 Å². The number of fused-ring (bicyclic) bond motifs is 2. The minimum Gasteiger partial charge on any atom is -0.493 e. The van der Waals surface area contributed by atoms with Crippen LogP contribution in [-0.4, -0.2) is 54.7 Å². The Balaban J connectivity index is 1.72. The summed E-state index contributed by atoms with van der Waals surface area (Å²) in [6.45, 7) is 6.63. The number of nitrogens with zero attached hydrogens (tertiary/aromatic N) is 1. The second kappa shape index (κ2) is 10.1. The van der Waals surface area contributed by atoms with Crippen molar-refractivity contribution in [2.75, 3.05) is 30.3 Å². The van der Waals surface area contributed by atoms with Gasteiger partial charge in [0.2, 0.25) is 11.8 Å². The van der Waals surface area contributed by atoms with Gasteiger partial charge in [0.25, 0.3) is 0 Å². The molecule has 0 saturated carbocycles. The summed E-state index contributed by atoms with van der Waals surface area (Å²) in [5, 5.41) is 5.74. The summed E-state index contributed by atoms with van der Waals surface area (Å²) in [6.07, 6.45) is -3.59. The fraction of sp³-hybridized carbons (Fsp3) is 0.429. The molecule has 3 atom stereocenters. The molecule has 0 aliphatic carbocycles. The van der Waals surface area contributed by atoms with Crippen molar-refractivity contribution in [3.63, 3.8) is 0 Å². The molecule has 38 heavy (non-hydrogen) atoms. The van der Waals surface area contributed by atoms with Crippen molar-refractivity contribution in [3.8, 4) is 5.75 Å². The van der Waals surface area contributed by atoms with Gasteiger partial charge in [-0.1, -0.05) is 12.1 Å². The molecule has 5 rings (SSSR count). The molecular formula is C28H30F3N3O4. The number of morpholine rings is 1. The Bertz CT molecular complexity index is 1300. The summed E-state index contributed by atoms with van der Waals surface area (Å²) in [5.41, 5.74) is 3.13. The fourth-order valence-corrected chi connectivity index (χ4v) is 5.66. The largest absolute Gasteiger partial charge is 0.493 e. The molecule has 0 radical (unpaired) electrons. The Morgan fingerprint density at radius 3 is 2.47 bits per heavy atom. The summed E-state index contributed by atoms with van der Waals surface area (Å²) in [4.78, 5) is 27.5. The summed E-state index contributed by atoms with van der Waals surface area (Å²) in [7, 11) is 0. The topological polar surface area (TPSA) is 79.9 Å². The monoisotopic (exact) mass is 529 g/mol. The highest BCUT2D eigenvalue weighted by atomic mass is 19.4. The smallest absolute Gasteiger partial charge is 0.416 e. The lowest BCUT2D eigenvalue weighted by Crippen LogP contribution is -2.55. The van der Waals surface area contributed by atoms with Gasteiger partial charge >= 0.3 is 6.18 Å². The number of ether oxygens (including phenoxy) is 2. The normalized spacial score (nSPS) is 25.9. The summed E-state index contributed by atoms with van der Waals surface area (Å²) < 4.78 is 52.2. The number of anilines is 2. The zero-order valence-corrected chi connectivity index (χ0v) is 21.4. The maximum atomic E-state index is 13.7. The first-order valence-electron chi connectivity index (χ1n) is 12.7. The van der Waals surface area contributed by atoms with Gasteiger partial charge in [0.1, 0.15) is 11.8 Å². The number of benzene rings is 2. The van der Waals surface area contributed by atoms with E-state index in [1.165, 1.54) is 13.0 Å². The average Bonchev–Trinajstić information content (AvgIpc) is 3.03. The van der Waals surface area contributed by atoms with E-state index in [1.54, 1.807) is 12.1 Å². The second-order valence-electron chi connectivity index (χ2n) is 10.1. The molecule has 0 aromatic heterocycles. The molecule has 3 heterocycles. The molecule has 2 amide bonds. The van der Waals surface area contributed by atoms with Crippen LogP contribution in [0.15, 0.2) is 36.4 Å². The lowest BCUT2D eigenvalue weighted by atomic mass is 9.82. The van der Waals surface area contributed by atoms with Crippen LogP contribution in [0.25, 0.3) is 11.1 Å². The maximum Gasteiger partial charge on any atom is 0.416 e. The number of allylic oxidation sites excluding steroid dienone is 1. The number of alkyl halides is 3. The van der Waals surface area contributed by atoms with Gasteiger partial charge in [-0.3, -0.25) is 14.5 Å². The molecule has 0 spiro atoms. The van der Waals surface area contributed by atoms with E-state index < -0.39 is 17.8 Å². The predicted molar refractivity (Wildman–Crippen MR) is 138 cm³/mol. The highest BCUT2D eigenvalue weighted by molar-refractivity contribution is 6.16. The predicted octanol–water partition coefficient (Wildman–Crippen LogP) is 5.18. The molecule has 0 bridgehead atoms. The minimum atomic E-state index is -4.50. The van der Waals surface area contributed by atoms with Crippen molar-refractivity contribution in [3.05, 3.63) is 53.1 Å². The van der Waals surface area contributed by atoms with E-state index in [4.69, 9.17) is 9.47 Å². The number of halogens is 3. The Labute approximate surface area is 219 Å². The van der Waals surface area contributed by atoms with Crippen LogP contribution >= 0.6 is 0 Å². The van der Waals surface area contributed by atoms with E-state index in [-0.39, 0.29) is 36.4 Å². The molecule has 2 aromatic rings. The third-order valence-corrected chi connectivity index (χ3v) is 7.01. The van der Waals surface area contributed by atoms with Gasteiger partial charge < -0.3 is 20.1 Å². The van der Waals surface area contributed by atoms with E-state index >= 15 is 0 Å². The quantitative estimate of drug-likeness (QED) is 0.561. The first kappa shape index (κ1) is 26.2. The highest BCUT2D eigenvalue weighted by Gasteiger charge is 2.41. The van der Waals surface area contributed by atoms with E-state index in [0.717, 1.165) is 28.8 Å². The first-order valence-corrected chi connectivity index (χ1v) is 12.7. The van der Waals surface area contributed by atoms with E-state index in [9.17, 15) is 22.8 Å². The maximum absolute atomic E-state index is 13.7. The van der Waals surface area contributed by atoms with Crippen molar-refractivity contribution >= 4 is 34.3 Å². The second-order valence-corrected chi connectivity index (χ2v) is 10.1. The van der Waals surface area contributed by atoms with E-state index in [0.29, 0.717) is 42.9 Å². The highest BCUT2D eigenvalue weighted by Crippen LogP contribution is 2.46. The van der Waals surface area contributed by atoms with Crippen LogP contribution in [-0.2, 0) is 20.5 Å². The zero-order valence-electron chi connectivity index (χ0n) is 21.4. The van der Waals surface area contributed by atoms with E-state index in [1.807, 2.05) is 19.9 Å². The third kappa shape index (κ3) is 5.15. The fourth-order valence-electron chi connectivity index (χ4n) is 5.66. The molecular weight excluding hydrogens is 499 g/mol. The van der Waals surface area contributed by atoms with Crippen LogP contribution < -0.4 is 15.4 Å². The standard InChI is InChI=1S/C28H30F3N3O4/c1-15-13-34(14-16(2)38-15)26-25(22-9-7-19(32-17(3)35)12-23(22)33-27(26)36)21-5-4-10-37-24-11-18(28(29,30)31)6-8-20(21)24/h6-9,11-12,15-16,26H,4-5,10,13-14H2,1-3H3,(H,32,35)(H,33,36)/b25-21+. The zero-order chi connectivity index (χ0) is 27.2. The average molecular weight is 530 g/mol. The van der Waals surface area contributed by atoms with Crippen molar-refractivity contribution in [2.24, 2.45) is 0 Å². The molecule has 3 aliphatic heterocycles. The number of hydrogen-bond acceptors (Lipinski definition) is 5. The SMILES string of the molecule is CC(=O)Nc1ccc2c(c1)NC(=O)C(N1CC(C)OC(C)C1)/C2=C1\CCCOc2cc(C(F)(F)F)ccc21. The van der Waals surface area contributed by atoms with Crippen LogP contribution in [0.4, 0.5) is 24.5 Å². The van der Waals surface area contributed by atoms with Gasteiger partial charge in [-0.05, 0) is 62.1 Å². The molecule has 2 aromatic carbocycles. The third-order valence-electron chi connectivity index (χ3n) is 7.01. The van der Waals surface area contributed by atoms with Crippen LogP contribution in [0.5, 0.6) is 5.75 Å². The van der Waals surface area contributed by atoms with Gasteiger partial charge in [-0.15, -0.1) is 0 Å². The van der Waals surface area contributed by atoms with Crippen molar-refractivity contribution in [2.45, 2.75) is 58.0 Å². The van der Waals surface area contributed by atoms with Gasteiger partial charge in [0, 0.05) is 36.8 Å². The lowest BCUT2D eigenvalue weighted by Gasteiger charge is -2.43. The van der Waals surface area contributed by atoms with E-state index in [2.05, 4.69) is 15.5 Å². The van der Waals surface area contributed by atoms with Crippen LogP contribution in [0.2, 0.25) is 0 Å². The lowest BCUT2D eigenvalue weighted by molar-refractivity contribution is -0.137. The first-order chi connectivity index (χ1) is 18.0. The minimum absolute atomic E-state index is 0.0968. The van der Waals surface area contributed by atoms with Crippen LogP contribution in [0, 0.1) is 0 Å². The number of nitrogens with one attached hydrogen (secondary N) is 2. The Hall–Kier alpha value is -3.37. The van der Waals surface area contributed by atoms with Gasteiger partial charge in [-0.2, -0.15) is 13.2 Å². The molecule has 1 saturated heterocycles. The number of hydrogen-bond donors (Lipinski definition) is 2. The summed E-state index contributed by atoms with van der Waals surface area (Å²) in [5.74, 6) is -0.320. The molecule has 3 unspecified atom stereocenters. The number of amides is 2. The van der Waals surface area contributed by atoms with Gasteiger partial charge in [-0.25, -0.2) is 0 Å². The van der Waals surface area contributed by atoms with Crippen molar-refractivity contribution in [1.82, 2.24) is 4.90 Å². The Kier molecular flexibility index (Phi) is 6.96. The van der Waals surface area contributed by atoms with Crippen LogP contribution in [0.3, 0.4) is 0 Å². The number of rotatable bonds is 2. The van der Waals surface area contributed by atoms with Gasteiger partial charge in [0.05, 0.1) is 30.1 Å². The summed E-state index contributed by atoms with van der Waals surface area (Å²) in [6, 6.07) is 8.19. The summed E-state index contributed by atoms with van der Waals surface area (Å²) >= 11 is 0. The molecule has 1 fully saturated rings. The molecule has 10 heteroatoms. The van der Waals surface area contributed by atoms with Crippen molar-refractivity contribution in [1.29, 1.82) is 0 Å². The van der Waals surface area contributed by atoms with Crippen LogP contribution in [0.1, 0.15) is 50.3 Å². The number of carbonyl (C=O) groups excluding carboxylic acids is 2. The Morgan fingerprint density at radius 2 is 1.79 bits per heavy atom. The Morgan fingerprint density at radius 1 is 1.08 bits per heavy atom.